The fourth-order valence-corrected chi connectivity index (χ4v) is 2.37. The van der Waals surface area contributed by atoms with Crippen LogP contribution < -0.4 is 10.2 Å². The molecule has 0 saturated heterocycles. The lowest BCUT2D eigenvalue weighted by molar-refractivity contribution is 0.338. The van der Waals surface area contributed by atoms with Gasteiger partial charge in [0, 0.05) is 0 Å². The van der Waals surface area contributed by atoms with E-state index in [2.05, 4.69) is 52.4 Å². The number of rotatable bonds is 5. The number of halogens is 1. The molecule has 0 aliphatic heterocycles. The highest BCUT2D eigenvalue weighted by Crippen LogP contribution is 2.25. The molecule has 2 aromatic rings. The molecule has 21 heavy (non-hydrogen) atoms. The topological polar surface area (TPSA) is 33.6 Å². The van der Waals surface area contributed by atoms with Crippen LogP contribution >= 0.6 is 15.9 Å². The Labute approximate surface area is 134 Å². The van der Waals surface area contributed by atoms with E-state index in [-0.39, 0.29) is 0 Å². The zero-order valence-corrected chi connectivity index (χ0v) is 14.1. The van der Waals surface area contributed by atoms with E-state index in [1.165, 1.54) is 11.1 Å². The Bertz CT molecular complexity index is 653. The van der Waals surface area contributed by atoms with E-state index in [0.717, 1.165) is 21.5 Å². The van der Waals surface area contributed by atoms with Crippen LogP contribution in [0.25, 0.3) is 0 Å². The Morgan fingerprint density at radius 1 is 1.14 bits per heavy atom. The summed E-state index contributed by atoms with van der Waals surface area (Å²) in [5.41, 5.74) is 7.56. The van der Waals surface area contributed by atoms with E-state index in [9.17, 15) is 0 Å². The number of hydrazone groups is 1. The number of aryl methyl sites for hydroxylation is 2. The first-order chi connectivity index (χ1) is 10.1. The van der Waals surface area contributed by atoms with Crippen molar-refractivity contribution in [2.45, 2.75) is 20.8 Å². The van der Waals surface area contributed by atoms with Gasteiger partial charge in [0.15, 0.2) is 0 Å². The third-order valence-corrected chi connectivity index (χ3v) is 3.79. The largest absolute Gasteiger partial charge is 0.493 e. The standard InChI is InChI=1S/C17H19BrN2O/c1-4-21-17-8-6-14(10-16(17)18)11-19-20-15-7-5-12(2)13(3)9-15/h5-11,20H,4H2,1-3H3/b19-11+. The highest BCUT2D eigenvalue weighted by Gasteiger charge is 2.00. The minimum Gasteiger partial charge on any atom is -0.493 e. The van der Waals surface area contributed by atoms with Gasteiger partial charge in [-0.25, -0.2) is 0 Å². The van der Waals surface area contributed by atoms with Crippen molar-refractivity contribution in [3.8, 4) is 5.75 Å². The Balaban J connectivity index is 2.04. The molecule has 3 nitrogen and oxygen atoms in total. The average Bonchev–Trinajstić information content (AvgIpc) is 2.46. The molecule has 0 aliphatic carbocycles. The third kappa shape index (κ3) is 4.33. The van der Waals surface area contributed by atoms with Gasteiger partial charge in [0.05, 0.1) is 23.0 Å². The maximum atomic E-state index is 5.48. The van der Waals surface area contributed by atoms with Crippen molar-refractivity contribution in [2.75, 3.05) is 12.0 Å². The molecular weight excluding hydrogens is 328 g/mol. The van der Waals surface area contributed by atoms with Crippen LogP contribution in [0.4, 0.5) is 5.69 Å². The highest BCUT2D eigenvalue weighted by molar-refractivity contribution is 9.10. The number of nitrogens with zero attached hydrogens (tertiary/aromatic N) is 1. The minimum absolute atomic E-state index is 0.653. The van der Waals surface area contributed by atoms with Crippen LogP contribution in [0.15, 0.2) is 46.0 Å². The summed E-state index contributed by atoms with van der Waals surface area (Å²) in [6.07, 6.45) is 1.79. The van der Waals surface area contributed by atoms with Crippen molar-refractivity contribution in [1.82, 2.24) is 0 Å². The summed E-state index contributed by atoms with van der Waals surface area (Å²) in [5.74, 6) is 0.844. The molecule has 110 valence electrons. The van der Waals surface area contributed by atoms with Crippen LogP contribution in [0.5, 0.6) is 5.75 Å². The lowest BCUT2D eigenvalue weighted by Gasteiger charge is -2.06. The molecule has 0 amide bonds. The monoisotopic (exact) mass is 346 g/mol. The van der Waals surface area contributed by atoms with Gasteiger partial charge in [0.2, 0.25) is 0 Å². The first-order valence-corrected chi connectivity index (χ1v) is 7.68. The summed E-state index contributed by atoms with van der Waals surface area (Å²) >= 11 is 3.50. The van der Waals surface area contributed by atoms with Gasteiger partial charge in [-0.05, 0) is 83.7 Å². The second kappa shape index (κ2) is 7.27. The highest BCUT2D eigenvalue weighted by atomic mass is 79.9. The number of ether oxygens (including phenoxy) is 1. The minimum atomic E-state index is 0.653. The molecule has 4 heteroatoms. The molecule has 0 bridgehead atoms. The van der Waals surface area contributed by atoms with Gasteiger partial charge < -0.3 is 4.74 Å². The van der Waals surface area contributed by atoms with E-state index in [1.807, 2.05) is 31.2 Å². The quantitative estimate of drug-likeness (QED) is 0.616. The summed E-state index contributed by atoms with van der Waals surface area (Å²) < 4.78 is 6.41. The number of anilines is 1. The second-order valence-electron chi connectivity index (χ2n) is 4.79. The van der Waals surface area contributed by atoms with Gasteiger partial charge in [-0.15, -0.1) is 0 Å². The molecule has 2 aromatic carbocycles. The zero-order valence-electron chi connectivity index (χ0n) is 12.5. The van der Waals surface area contributed by atoms with Gasteiger partial charge in [0.25, 0.3) is 0 Å². The molecular formula is C17H19BrN2O. The van der Waals surface area contributed by atoms with E-state index in [1.54, 1.807) is 6.21 Å². The smallest absolute Gasteiger partial charge is 0.133 e. The van der Waals surface area contributed by atoms with Crippen LogP contribution in [0.3, 0.4) is 0 Å². The van der Waals surface area contributed by atoms with E-state index >= 15 is 0 Å². The SMILES string of the molecule is CCOc1ccc(/C=N/Nc2ccc(C)c(C)c2)cc1Br. The summed E-state index contributed by atoms with van der Waals surface area (Å²) in [7, 11) is 0. The predicted molar refractivity (Wildman–Crippen MR) is 92.4 cm³/mol. The van der Waals surface area contributed by atoms with Gasteiger partial charge in [-0.1, -0.05) is 6.07 Å². The summed E-state index contributed by atoms with van der Waals surface area (Å²) in [6, 6.07) is 12.1. The lowest BCUT2D eigenvalue weighted by atomic mass is 10.1. The molecule has 1 N–H and O–H groups in total. The van der Waals surface area contributed by atoms with Crippen molar-refractivity contribution < 1.29 is 4.74 Å². The fraction of sp³-hybridized carbons (Fsp3) is 0.235. The number of hydrogen-bond acceptors (Lipinski definition) is 3. The maximum absolute atomic E-state index is 5.48. The van der Waals surface area contributed by atoms with Crippen molar-refractivity contribution in [1.29, 1.82) is 0 Å². The fourth-order valence-electron chi connectivity index (χ4n) is 1.86. The van der Waals surface area contributed by atoms with Crippen LogP contribution in [0.1, 0.15) is 23.6 Å². The van der Waals surface area contributed by atoms with Gasteiger partial charge in [-0.3, -0.25) is 5.43 Å². The van der Waals surface area contributed by atoms with E-state index < -0.39 is 0 Å². The zero-order chi connectivity index (χ0) is 15.2. The van der Waals surface area contributed by atoms with Crippen molar-refractivity contribution in [2.24, 2.45) is 5.10 Å². The summed E-state index contributed by atoms with van der Waals surface area (Å²) in [6.45, 7) is 6.81. The normalized spacial score (nSPS) is 10.9. The molecule has 0 saturated carbocycles. The Hall–Kier alpha value is -1.81. The Kier molecular flexibility index (Phi) is 5.39. The molecule has 0 atom stereocenters. The van der Waals surface area contributed by atoms with Gasteiger partial charge in [-0.2, -0.15) is 5.10 Å². The maximum Gasteiger partial charge on any atom is 0.133 e. The molecule has 0 fully saturated rings. The Morgan fingerprint density at radius 2 is 1.95 bits per heavy atom. The number of benzene rings is 2. The van der Waals surface area contributed by atoms with Gasteiger partial charge in [0.1, 0.15) is 5.75 Å². The van der Waals surface area contributed by atoms with Crippen LogP contribution in [-0.4, -0.2) is 12.8 Å². The molecule has 0 aromatic heterocycles. The van der Waals surface area contributed by atoms with Crippen molar-refractivity contribution in [3.63, 3.8) is 0 Å². The van der Waals surface area contributed by atoms with Crippen molar-refractivity contribution >= 4 is 27.8 Å². The Morgan fingerprint density at radius 3 is 2.62 bits per heavy atom. The lowest BCUT2D eigenvalue weighted by Crippen LogP contribution is -1.94. The van der Waals surface area contributed by atoms with Crippen LogP contribution in [0.2, 0.25) is 0 Å². The molecule has 0 spiro atoms. The third-order valence-electron chi connectivity index (χ3n) is 3.17. The molecule has 0 heterocycles. The van der Waals surface area contributed by atoms with Crippen LogP contribution in [0, 0.1) is 13.8 Å². The first kappa shape index (κ1) is 15.6. The molecule has 0 aliphatic rings. The van der Waals surface area contributed by atoms with E-state index in [0.29, 0.717) is 6.61 Å². The van der Waals surface area contributed by atoms with Crippen molar-refractivity contribution in [3.05, 3.63) is 57.6 Å². The summed E-state index contributed by atoms with van der Waals surface area (Å²) in [5, 5.41) is 4.26. The number of nitrogens with one attached hydrogen (secondary N) is 1. The van der Waals surface area contributed by atoms with Gasteiger partial charge >= 0.3 is 0 Å². The van der Waals surface area contributed by atoms with Crippen LogP contribution in [-0.2, 0) is 0 Å². The average molecular weight is 347 g/mol. The molecule has 2 rings (SSSR count). The molecule has 0 unspecified atom stereocenters. The van der Waals surface area contributed by atoms with E-state index in [4.69, 9.17) is 4.74 Å². The second-order valence-corrected chi connectivity index (χ2v) is 5.65. The summed E-state index contributed by atoms with van der Waals surface area (Å²) in [4.78, 5) is 0. The first-order valence-electron chi connectivity index (χ1n) is 6.89. The molecule has 0 radical (unpaired) electrons. The number of hydrogen-bond donors (Lipinski definition) is 1. The predicted octanol–water partition coefficient (Wildman–Crippen LogP) is 4.91.